The molecule has 0 spiro atoms. The van der Waals surface area contributed by atoms with E-state index in [0.29, 0.717) is 5.92 Å². The molecule has 0 amide bonds. The fourth-order valence-electron chi connectivity index (χ4n) is 6.86. The second-order valence-corrected chi connectivity index (χ2v) is 11.1. The van der Waals surface area contributed by atoms with Crippen molar-refractivity contribution >= 4 is 55.4 Å². The molecule has 0 radical (unpaired) electrons. The minimum atomic E-state index is -0.0991. The van der Waals surface area contributed by atoms with Crippen LogP contribution in [-0.2, 0) is 5.41 Å². The van der Waals surface area contributed by atoms with Crippen LogP contribution in [0.3, 0.4) is 0 Å². The van der Waals surface area contributed by atoms with Crippen LogP contribution in [0.1, 0.15) is 50.3 Å². The molecule has 168 valence electrons. The Morgan fingerprint density at radius 2 is 1.31 bits per heavy atom. The summed E-state index contributed by atoms with van der Waals surface area (Å²) in [6.07, 6.45) is 0. The van der Waals surface area contributed by atoms with Gasteiger partial charge in [-0.1, -0.05) is 141 Å². The van der Waals surface area contributed by atoms with Gasteiger partial charge in [-0.25, -0.2) is 0 Å². The van der Waals surface area contributed by atoms with E-state index >= 15 is 0 Å². The Balaban J connectivity index is 1.75. The van der Waals surface area contributed by atoms with Crippen LogP contribution in [0.5, 0.6) is 0 Å². The van der Waals surface area contributed by atoms with Crippen LogP contribution in [0.25, 0.3) is 32.3 Å². The Bertz CT molecular complexity index is 1740. The Morgan fingerprint density at radius 3 is 2.11 bits per heavy atom. The first-order valence-electron chi connectivity index (χ1n) is 12.9. The summed E-state index contributed by atoms with van der Waals surface area (Å²) in [5.74, 6) is 0.493. The van der Waals surface area contributed by atoms with Gasteiger partial charge >= 0.3 is 0 Å². The van der Waals surface area contributed by atoms with Crippen molar-refractivity contribution in [3.63, 3.8) is 0 Å². The molecule has 6 aromatic rings. The highest BCUT2D eigenvalue weighted by Gasteiger charge is 2.38. The lowest BCUT2D eigenvalue weighted by Gasteiger charge is -2.29. The van der Waals surface area contributed by atoms with E-state index in [1.165, 1.54) is 65.4 Å². The van der Waals surface area contributed by atoms with E-state index in [0.717, 1.165) is 0 Å². The van der Waals surface area contributed by atoms with E-state index in [4.69, 9.17) is 0 Å². The average Bonchev–Trinajstić information content (AvgIpc) is 2.95. The molecule has 0 bridgehead atoms. The second-order valence-electron chi connectivity index (χ2n) is 11.1. The summed E-state index contributed by atoms with van der Waals surface area (Å²) in [5.41, 5.74) is 8.44. The molecule has 0 atom stereocenters. The summed E-state index contributed by atoms with van der Waals surface area (Å²) in [6.45, 7) is 9.64. The molecule has 0 saturated carbocycles. The minimum Gasteiger partial charge on any atom is -0.0686 e. The van der Waals surface area contributed by atoms with E-state index in [9.17, 15) is 0 Å². The van der Waals surface area contributed by atoms with E-state index in [2.05, 4.69) is 125 Å². The lowest BCUT2D eigenvalue weighted by Crippen LogP contribution is -2.53. The molecule has 0 aliphatic carbocycles. The minimum absolute atomic E-state index is 0.0991. The summed E-state index contributed by atoms with van der Waals surface area (Å²) >= 11 is 0. The van der Waals surface area contributed by atoms with E-state index in [1.807, 2.05) is 0 Å². The second kappa shape index (κ2) is 7.21. The van der Waals surface area contributed by atoms with Crippen molar-refractivity contribution in [1.29, 1.82) is 0 Å². The first kappa shape index (κ1) is 20.8. The van der Waals surface area contributed by atoms with Crippen molar-refractivity contribution < 1.29 is 0 Å². The lowest BCUT2D eigenvalue weighted by atomic mass is 9.35. The third-order valence-corrected chi connectivity index (χ3v) is 8.51. The molecule has 7 rings (SSSR count). The van der Waals surface area contributed by atoms with E-state index in [-0.39, 0.29) is 12.1 Å². The summed E-state index contributed by atoms with van der Waals surface area (Å²) in [6, 6.07) is 36.9. The number of benzene rings is 6. The van der Waals surface area contributed by atoms with Gasteiger partial charge < -0.3 is 0 Å². The van der Waals surface area contributed by atoms with Gasteiger partial charge in [-0.05, 0) is 54.9 Å². The largest absolute Gasteiger partial charge is 0.242 e. The van der Waals surface area contributed by atoms with Crippen LogP contribution in [0.4, 0.5) is 0 Å². The molecule has 6 aromatic carbocycles. The van der Waals surface area contributed by atoms with Crippen molar-refractivity contribution in [2.75, 3.05) is 0 Å². The Morgan fingerprint density at radius 1 is 0.600 bits per heavy atom. The highest BCUT2D eigenvalue weighted by atomic mass is 14.3. The zero-order valence-electron chi connectivity index (χ0n) is 20.9. The summed E-state index contributed by atoms with van der Waals surface area (Å²) in [7, 11) is 0. The molecule has 0 N–H and O–H groups in total. The zero-order valence-corrected chi connectivity index (χ0v) is 20.9. The van der Waals surface area contributed by atoms with Gasteiger partial charge in [0, 0.05) is 5.41 Å². The van der Waals surface area contributed by atoms with Crippen LogP contribution in [0.15, 0.2) is 97.1 Å². The molecule has 0 unspecified atom stereocenters. The average molecular weight is 448 g/mol. The van der Waals surface area contributed by atoms with Crippen molar-refractivity contribution in [2.24, 2.45) is 0 Å². The molecular formula is C34H29B. The summed E-state index contributed by atoms with van der Waals surface area (Å²) in [5, 5.41) is 8.44. The normalized spacial score (nSPS) is 14.7. The lowest BCUT2D eigenvalue weighted by molar-refractivity contribution is 0.652. The molecular weight excluding hydrogens is 419 g/mol. The predicted molar refractivity (Wildman–Crippen MR) is 154 cm³/mol. The predicted octanol–water partition coefficient (Wildman–Crippen LogP) is 6.86. The Hall–Kier alpha value is -3.58. The first-order chi connectivity index (χ1) is 17.0. The molecule has 0 saturated heterocycles. The summed E-state index contributed by atoms with van der Waals surface area (Å²) in [4.78, 5) is 0. The Labute approximate surface area is 208 Å². The molecule has 0 fully saturated rings. The number of hydrogen-bond acceptors (Lipinski definition) is 0. The fraction of sp³-hybridized carbons (Fsp3) is 0.176. The molecule has 1 heterocycles. The zero-order chi connectivity index (χ0) is 23.9. The van der Waals surface area contributed by atoms with Crippen LogP contribution in [0.2, 0.25) is 0 Å². The van der Waals surface area contributed by atoms with Crippen molar-refractivity contribution in [3.05, 3.63) is 114 Å². The van der Waals surface area contributed by atoms with Gasteiger partial charge in [-0.15, -0.1) is 0 Å². The van der Waals surface area contributed by atoms with E-state index < -0.39 is 0 Å². The van der Waals surface area contributed by atoms with Gasteiger partial charge in [0.1, 0.15) is 0 Å². The van der Waals surface area contributed by atoms with Gasteiger partial charge in [-0.2, -0.15) is 0 Å². The SMILES string of the molecule is CC(C)c1ccc2cc3c4c(ccc5ccc1c2c54)C(C)(C)c1ccccc1B3c1ccccc1. The number of rotatable bonds is 2. The smallest absolute Gasteiger partial charge is 0.0686 e. The van der Waals surface area contributed by atoms with Crippen molar-refractivity contribution in [1.82, 2.24) is 0 Å². The monoisotopic (exact) mass is 448 g/mol. The van der Waals surface area contributed by atoms with Gasteiger partial charge in [-0.3, -0.25) is 0 Å². The number of fused-ring (bicyclic) bond motifs is 1. The molecule has 35 heavy (non-hydrogen) atoms. The van der Waals surface area contributed by atoms with Gasteiger partial charge in [0.25, 0.3) is 0 Å². The van der Waals surface area contributed by atoms with E-state index in [1.54, 1.807) is 0 Å². The van der Waals surface area contributed by atoms with Crippen LogP contribution in [0, 0.1) is 0 Å². The highest BCUT2D eigenvalue weighted by Crippen LogP contribution is 2.43. The molecule has 1 aliphatic heterocycles. The molecule has 1 heteroatoms. The van der Waals surface area contributed by atoms with Gasteiger partial charge in [0.2, 0.25) is 6.71 Å². The third kappa shape index (κ3) is 2.76. The van der Waals surface area contributed by atoms with Crippen LogP contribution in [-0.4, -0.2) is 6.71 Å². The number of hydrogen-bond donors (Lipinski definition) is 0. The fourth-order valence-corrected chi connectivity index (χ4v) is 6.86. The maximum absolute atomic E-state index is 2.51. The third-order valence-electron chi connectivity index (χ3n) is 8.51. The highest BCUT2D eigenvalue weighted by molar-refractivity contribution is 6.97. The maximum Gasteiger partial charge on any atom is 0.242 e. The van der Waals surface area contributed by atoms with Gasteiger partial charge in [0.05, 0.1) is 0 Å². The van der Waals surface area contributed by atoms with Gasteiger partial charge in [0.15, 0.2) is 0 Å². The maximum atomic E-state index is 2.51. The topological polar surface area (TPSA) is 0 Å². The van der Waals surface area contributed by atoms with Crippen LogP contribution < -0.4 is 16.4 Å². The van der Waals surface area contributed by atoms with Crippen LogP contribution >= 0.6 is 0 Å². The first-order valence-corrected chi connectivity index (χ1v) is 12.9. The molecule has 1 aliphatic rings. The Kier molecular flexibility index (Phi) is 4.28. The standard InChI is InChI=1S/C34H29B/c1-21(2)25-17-15-23-20-30-33-28(19-16-22-14-18-26(25)31(23)32(22)33)34(3,4)27-12-8-9-13-29(27)35(30)24-10-6-5-7-11-24/h5-21H,1-4H3. The van der Waals surface area contributed by atoms with Crippen molar-refractivity contribution in [2.45, 2.75) is 39.0 Å². The quantitative estimate of drug-likeness (QED) is 0.200. The van der Waals surface area contributed by atoms with Crippen molar-refractivity contribution in [3.8, 4) is 0 Å². The molecule has 0 nitrogen and oxygen atoms in total. The summed E-state index contributed by atoms with van der Waals surface area (Å²) < 4.78 is 0. The molecule has 0 aromatic heterocycles.